The fraction of sp³-hybridized carbons (Fsp3) is 0.667. The van der Waals surface area contributed by atoms with Gasteiger partial charge in [0.15, 0.2) is 0 Å². The van der Waals surface area contributed by atoms with E-state index in [-0.39, 0.29) is 5.91 Å². The monoisotopic (exact) mass is 571 g/mol. The lowest BCUT2D eigenvalue weighted by molar-refractivity contribution is -0.193. The average molecular weight is 572 g/mol. The number of carboxylic acid groups (broad SMARTS) is 2. The molecule has 9 nitrogen and oxygen atoms in total. The Bertz CT molecular complexity index is 932. The topological polar surface area (TPSA) is 120 Å². The minimum absolute atomic E-state index is 0.259. The molecule has 0 radical (unpaired) electrons. The predicted molar refractivity (Wildman–Crippen MR) is 124 cm³/mol. The third-order valence-electron chi connectivity index (χ3n) is 6.64. The van der Waals surface area contributed by atoms with Gasteiger partial charge in [0.2, 0.25) is 5.91 Å². The molecule has 4 heterocycles. The Morgan fingerprint density at radius 1 is 1.03 bits per heavy atom. The molecular formula is C24H31F6N3O6. The van der Waals surface area contributed by atoms with Gasteiger partial charge in [0.25, 0.3) is 0 Å². The van der Waals surface area contributed by atoms with Gasteiger partial charge in [-0.15, -0.1) is 0 Å². The molecule has 0 bridgehead atoms. The molecule has 2 N–H and O–H groups in total. The van der Waals surface area contributed by atoms with Crippen LogP contribution in [-0.2, 0) is 25.5 Å². The van der Waals surface area contributed by atoms with Crippen molar-refractivity contribution in [3.8, 4) is 0 Å². The van der Waals surface area contributed by atoms with E-state index in [1.807, 2.05) is 12.1 Å². The lowest BCUT2D eigenvalue weighted by atomic mass is 9.79. The smallest absolute Gasteiger partial charge is 0.475 e. The molecule has 2 atom stereocenters. The van der Waals surface area contributed by atoms with Crippen LogP contribution in [0.1, 0.15) is 31.2 Å². The first-order chi connectivity index (χ1) is 18.1. The van der Waals surface area contributed by atoms with Crippen molar-refractivity contribution in [2.75, 3.05) is 45.9 Å². The molecule has 15 heteroatoms. The summed E-state index contributed by atoms with van der Waals surface area (Å²) in [5, 5.41) is 14.2. The van der Waals surface area contributed by atoms with Gasteiger partial charge in [0.1, 0.15) is 0 Å². The Hall–Kier alpha value is -2.94. The molecule has 0 aliphatic carbocycles. The highest BCUT2D eigenvalue weighted by molar-refractivity contribution is 5.78. The van der Waals surface area contributed by atoms with E-state index in [1.165, 1.54) is 32.4 Å². The van der Waals surface area contributed by atoms with Gasteiger partial charge in [-0.05, 0) is 49.8 Å². The SMILES string of the molecule is O=C(Cc1cccnc1)N1CCCC2(CCN(CC3CCOC3)C2)C1.O=C(O)C(F)(F)F.O=C(O)C(F)(F)F. The first-order valence-electron chi connectivity index (χ1n) is 12.2. The van der Waals surface area contributed by atoms with Gasteiger partial charge in [-0.3, -0.25) is 9.78 Å². The molecule has 3 aliphatic heterocycles. The molecule has 3 saturated heterocycles. The molecule has 1 amide bonds. The number of carbonyl (C=O) groups excluding carboxylic acids is 1. The first-order valence-corrected chi connectivity index (χ1v) is 12.2. The zero-order chi connectivity index (χ0) is 29.3. The molecule has 220 valence electrons. The summed E-state index contributed by atoms with van der Waals surface area (Å²) in [5.74, 6) is -4.54. The van der Waals surface area contributed by atoms with Crippen LogP contribution < -0.4 is 0 Å². The van der Waals surface area contributed by atoms with E-state index < -0.39 is 24.3 Å². The molecule has 4 rings (SSSR count). The first kappa shape index (κ1) is 32.3. The van der Waals surface area contributed by atoms with Crippen LogP contribution in [-0.4, -0.2) is 101 Å². The van der Waals surface area contributed by atoms with E-state index in [0.29, 0.717) is 17.8 Å². The highest BCUT2D eigenvalue weighted by atomic mass is 19.4. The van der Waals surface area contributed by atoms with Crippen molar-refractivity contribution in [1.82, 2.24) is 14.8 Å². The molecule has 1 spiro atoms. The number of hydrogen-bond acceptors (Lipinski definition) is 6. The summed E-state index contributed by atoms with van der Waals surface area (Å²) in [6.45, 7) is 7.22. The molecule has 0 aromatic carbocycles. The summed E-state index contributed by atoms with van der Waals surface area (Å²) < 4.78 is 69.0. The number of rotatable bonds is 4. The predicted octanol–water partition coefficient (Wildman–Crippen LogP) is 3.24. The second-order valence-corrected chi connectivity index (χ2v) is 9.78. The normalized spacial score (nSPS) is 23.4. The van der Waals surface area contributed by atoms with Crippen LogP contribution in [0, 0.1) is 11.3 Å². The maximum Gasteiger partial charge on any atom is 0.490 e. The van der Waals surface area contributed by atoms with E-state index in [2.05, 4.69) is 14.8 Å². The van der Waals surface area contributed by atoms with Gasteiger partial charge < -0.3 is 24.7 Å². The van der Waals surface area contributed by atoms with Crippen molar-refractivity contribution in [1.29, 1.82) is 0 Å². The summed E-state index contributed by atoms with van der Waals surface area (Å²) in [6, 6.07) is 3.90. The van der Waals surface area contributed by atoms with Crippen molar-refractivity contribution >= 4 is 17.8 Å². The summed E-state index contributed by atoms with van der Waals surface area (Å²) >= 11 is 0. The average Bonchev–Trinajstić information content (AvgIpc) is 3.50. The van der Waals surface area contributed by atoms with Crippen LogP contribution in [0.5, 0.6) is 0 Å². The van der Waals surface area contributed by atoms with E-state index in [1.54, 1.807) is 12.4 Å². The number of carboxylic acids is 2. The van der Waals surface area contributed by atoms with Crippen molar-refractivity contribution in [2.45, 2.75) is 44.5 Å². The lowest BCUT2D eigenvalue weighted by Gasteiger charge is -2.40. The number of ether oxygens (including phenoxy) is 1. The lowest BCUT2D eigenvalue weighted by Crippen LogP contribution is -2.48. The van der Waals surface area contributed by atoms with Gasteiger partial charge in [-0.2, -0.15) is 26.3 Å². The molecule has 1 aromatic rings. The van der Waals surface area contributed by atoms with E-state index in [4.69, 9.17) is 24.5 Å². The maximum absolute atomic E-state index is 12.7. The number of nitrogens with zero attached hydrogens (tertiary/aromatic N) is 3. The van der Waals surface area contributed by atoms with Crippen molar-refractivity contribution < 1.29 is 55.7 Å². The van der Waals surface area contributed by atoms with Crippen molar-refractivity contribution in [3.05, 3.63) is 30.1 Å². The Kier molecular flexibility index (Phi) is 11.5. The van der Waals surface area contributed by atoms with Crippen LogP contribution in [0.4, 0.5) is 26.3 Å². The highest BCUT2D eigenvalue weighted by Gasteiger charge is 2.43. The van der Waals surface area contributed by atoms with E-state index in [0.717, 1.165) is 44.8 Å². The summed E-state index contributed by atoms with van der Waals surface area (Å²) in [7, 11) is 0. The van der Waals surface area contributed by atoms with Crippen LogP contribution in [0.2, 0.25) is 0 Å². The molecule has 3 fully saturated rings. The second-order valence-electron chi connectivity index (χ2n) is 9.78. The Morgan fingerprint density at radius 3 is 2.18 bits per heavy atom. The Morgan fingerprint density at radius 2 is 1.67 bits per heavy atom. The van der Waals surface area contributed by atoms with Gasteiger partial charge >= 0.3 is 24.3 Å². The molecule has 39 heavy (non-hydrogen) atoms. The van der Waals surface area contributed by atoms with Gasteiger partial charge in [-0.1, -0.05) is 6.07 Å². The standard InChI is InChI=1S/C20H29N3O2.2C2HF3O2/c24-19(11-17-3-1-7-21-12-17)23-8-2-5-20(16-23)6-9-22(15-20)13-18-4-10-25-14-18;2*3-2(4,5)1(6)7/h1,3,7,12,18H,2,4-6,8-11,13-16H2;2*(H,6,7). The van der Waals surface area contributed by atoms with Crippen molar-refractivity contribution in [3.63, 3.8) is 0 Å². The quantitative estimate of drug-likeness (QED) is 0.529. The highest BCUT2D eigenvalue weighted by Crippen LogP contribution is 2.39. The van der Waals surface area contributed by atoms with Crippen molar-refractivity contribution in [2.24, 2.45) is 11.3 Å². The van der Waals surface area contributed by atoms with Crippen LogP contribution in [0.3, 0.4) is 0 Å². The van der Waals surface area contributed by atoms with Crippen LogP contribution >= 0.6 is 0 Å². The van der Waals surface area contributed by atoms with Gasteiger partial charge in [-0.25, -0.2) is 9.59 Å². The number of piperidine rings is 1. The van der Waals surface area contributed by atoms with E-state index in [9.17, 15) is 31.1 Å². The second kappa shape index (κ2) is 13.9. The largest absolute Gasteiger partial charge is 0.490 e. The third-order valence-corrected chi connectivity index (χ3v) is 6.64. The molecular weight excluding hydrogens is 540 g/mol. The molecule has 0 saturated carbocycles. The fourth-order valence-electron chi connectivity index (χ4n) is 4.82. The minimum atomic E-state index is -5.08. The van der Waals surface area contributed by atoms with E-state index >= 15 is 0 Å². The number of likely N-dealkylation sites (tertiary alicyclic amines) is 2. The Labute approximate surface area is 220 Å². The number of alkyl halides is 6. The van der Waals surface area contributed by atoms with Crippen LogP contribution in [0.15, 0.2) is 24.5 Å². The number of carbonyl (C=O) groups is 3. The fourth-order valence-corrected chi connectivity index (χ4v) is 4.82. The number of amides is 1. The number of aliphatic carboxylic acids is 2. The molecule has 1 aromatic heterocycles. The Balaban J connectivity index is 0.000000317. The van der Waals surface area contributed by atoms with Gasteiger partial charge in [0, 0.05) is 50.6 Å². The third kappa shape index (κ3) is 11.0. The summed E-state index contributed by atoms with van der Waals surface area (Å²) in [6.07, 6.45) is -1.28. The minimum Gasteiger partial charge on any atom is -0.475 e. The van der Waals surface area contributed by atoms with Gasteiger partial charge in [0.05, 0.1) is 13.0 Å². The molecule has 3 aliphatic rings. The zero-order valence-corrected chi connectivity index (χ0v) is 21.0. The zero-order valence-electron chi connectivity index (χ0n) is 21.0. The number of aromatic nitrogens is 1. The summed E-state index contributed by atoms with van der Waals surface area (Å²) in [5.41, 5.74) is 1.34. The number of halogens is 6. The number of pyridine rings is 1. The van der Waals surface area contributed by atoms with Crippen LogP contribution in [0.25, 0.3) is 0 Å². The maximum atomic E-state index is 12.7. The number of hydrogen-bond donors (Lipinski definition) is 2. The summed E-state index contributed by atoms with van der Waals surface area (Å²) in [4.78, 5) is 39.4. The molecule has 2 unspecified atom stereocenters.